The van der Waals surface area contributed by atoms with E-state index in [1.54, 1.807) is 33.1 Å². The van der Waals surface area contributed by atoms with Crippen molar-refractivity contribution in [3.8, 4) is 0 Å². The molecule has 11 nitrogen and oxygen atoms in total. The lowest BCUT2D eigenvalue weighted by atomic mass is 9.37. The second-order valence-corrected chi connectivity index (χ2v) is 15.7. The quantitative estimate of drug-likeness (QED) is 0.302. The fourth-order valence-electron chi connectivity index (χ4n) is 10.2. The van der Waals surface area contributed by atoms with Crippen molar-refractivity contribution in [3.05, 3.63) is 35.8 Å². The van der Waals surface area contributed by atoms with Gasteiger partial charge in [-0.05, 0) is 36.8 Å². The Morgan fingerprint density at radius 2 is 1.74 bits per heavy atom. The number of cyclic esters (lactones) is 1. The Balaban J connectivity index is 1.62. The number of carbonyl (C=O) groups excluding carboxylic acids is 4. The lowest BCUT2D eigenvalue weighted by Crippen LogP contribution is -2.80. The van der Waals surface area contributed by atoms with Gasteiger partial charge in [0.25, 0.3) is 0 Å². The summed E-state index contributed by atoms with van der Waals surface area (Å²) in [5, 5.41) is 13.3. The van der Waals surface area contributed by atoms with Gasteiger partial charge in [0.15, 0.2) is 11.7 Å². The van der Waals surface area contributed by atoms with Gasteiger partial charge in [0, 0.05) is 40.2 Å². The zero-order valence-corrected chi connectivity index (χ0v) is 28.8. The van der Waals surface area contributed by atoms with E-state index in [1.807, 2.05) is 34.6 Å². The maximum Gasteiger partial charge on any atom is 0.331 e. The second kappa shape index (κ2) is 10.9. The van der Waals surface area contributed by atoms with Crippen LogP contribution < -0.4 is 0 Å². The Kier molecular flexibility index (Phi) is 7.83. The first-order valence-corrected chi connectivity index (χ1v) is 16.8. The first kappa shape index (κ1) is 33.7. The molecule has 2 bridgehead atoms. The molecule has 4 fully saturated rings. The van der Waals surface area contributed by atoms with Crippen LogP contribution in [0.15, 0.2) is 34.7 Å². The number of hydrogen-bond acceptors (Lipinski definition) is 11. The molecule has 258 valence electrons. The molecule has 11 heteroatoms. The molecule has 1 aromatic rings. The van der Waals surface area contributed by atoms with Gasteiger partial charge in [-0.25, -0.2) is 4.79 Å². The standard InChI is InChI=1S/C36H48O11/c1-10-19(4)28(40)46-29-32(5,6)22(15-24(37)42-9)34(8)21-11-13-33(7)23(16-25(38)44-26(33)20-12-14-43-17-20)36(21)31(45-27(39)18(2)3)35(29,41)30(34)47-36/h12,14,16-19,21-22,26,29-31,41H,10-11,13,15H2,1-9H3/t19?,21?,22-,26-,29-,30-,31+,33+,34+,35?,36?/m0/s1. The maximum absolute atomic E-state index is 13.6. The Bertz CT molecular complexity index is 1490. The van der Waals surface area contributed by atoms with Crippen LogP contribution >= 0.6 is 0 Å². The summed E-state index contributed by atoms with van der Waals surface area (Å²) in [5.41, 5.74) is -5.08. The number of carbonyl (C=O) groups is 4. The van der Waals surface area contributed by atoms with Crippen molar-refractivity contribution >= 4 is 23.9 Å². The lowest BCUT2D eigenvalue weighted by molar-refractivity contribution is -0.293. The molecule has 1 spiro atoms. The number of hydrogen-bond donors (Lipinski definition) is 1. The van der Waals surface area contributed by atoms with Crippen molar-refractivity contribution in [2.45, 2.75) is 117 Å². The topological polar surface area (TPSA) is 148 Å². The minimum atomic E-state index is -2.04. The van der Waals surface area contributed by atoms with Gasteiger partial charge in [-0.15, -0.1) is 0 Å². The highest BCUT2D eigenvalue weighted by Crippen LogP contribution is 2.79. The Morgan fingerprint density at radius 1 is 1.06 bits per heavy atom. The summed E-state index contributed by atoms with van der Waals surface area (Å²) >= 11 is 0. The van der Waals surface area contributed by atoms with Crippen molar-refractivity contribution in [3.63, 3.8) is 0 Å². The highest BCUT2D eigenvalue weighted by Gasteiger charge is 2.90. The molecular formula is C36H48O11. The number of rotatable bonds is 8. The van der Waals surface area contributed by atoms with Gasteiger partial charge in [0.2, 0.25) is 0 Å². The molecule has 5 aliphatic rings. The fourth-order valence-corrected chi connectivity index (χ4v) is 10.2. The van der Waals surface area contributed by atoms with Gasteiger partial charge >= 0.3 is 23.9 Å². The number of furan rings is 1. The molecule has 1 aromatic heterocycles. The summed E-state index contributed by atoms with van der Waals surface area (Å²) in [4.78, 5) is 53.7. The van der Waals surface area contributed by atoms with Crippen LogP contribution in [-0.4, -0.2) is 65.6 Å². The van der Waals surface area contributed by atoms with E-state index in [9.17, 15) is 24.3 Å². The van der Waals surface area contributed by atoms with Crippen molar-refractivity contribution in [1.82, 2.24) is 0 Å². The average Bonchev–Trinajstić information content (AvgIpc) is 3.71. The third-order valence-corrected chi connectivity index (χ3v) is 12.6. The van der Waals surface area contributed by atoms with E-state index < -0.39 is 99.4 Å². The number of esters is 4. The summed E-state index contributed by atoms with van der Waals surface area (Å²) in [7, 11) is 1.33. The van der Waals surface area contributed by atoms with Gasteiger partial charge in [0.05, 0.1) is 31.5 Å². The maximum atomic E-state index is 13.6. The molecule has 1 N–H and O–H groups in total. The highest BCUT2D eigenvalue weighted by atomic mass is 16.6. The van der Waals surface area contributed by atoms with Crippen LogP contribution in [0.25, 0.3) is 0 Å². The number of ether oxygens (including phenoxy) is 5. The number of aliphatic hydroxyl groups is 1. The zero-order valence-electron chi connectivity index (χ0n) is 28.8. The van der Waals surface area contributed by atoms with Crippen LogP contribution in [0, 0.1) is 39.9 Å². The van der Waals surface area contributed by atoms with Crippen molar-refractivity contribution in [1.29, 1.82) is 0 Å². The first-order chi connectivity index (χ1) is 21.9. The van der Waals surface area contributed by atoms with Gasteiger partial charge < -0.3 is 33.2 Å². The molecule has 2 saturated heterocycles. The van der Waals surface area contributed by atoms with Crippen LogP contribution in [0.4, 0.5) is 0 Å². The van der Waals surface area contributed by atoms with Crippen LogP contribution in [0.2, 0.25) is 0 Å². The van der Waals surface area contributed by atoms with Gasteiger partial charge in [-0.1, -0.05) is 55.4 Å². The Hall–Kier alpha value is -3.18. The van der Waals surface area contributed by atoms with E-state index in [0.717, 1.165) is 0 Å². The van der Waals surface area contributed by atoms with E-state index >= 15 is 0 Å². The number of methoxy groups -OCH3 is 1. The zero-order chi connectivity index (χ0) is 34.5. The smallest absolute Gasteiger partial charge is 0.331 e. The highest BCUT2D eigenvalue weighted by molar-refractivity contribution is 5.86. The SMILES string of the molecule is CCC(C)C(=O)O[C@H]1C(C)(C)[C@H](CC(=O)OC)[C@@]2(C)C3CC[C@]4(C)C(=CC(=O)O[C@H]4c4ccoc4)C34O[C@@H]2C1(O)[C@H]4OC(=O)C(C)C. The van der Waals surface area contributed by atoms with Crippen LogP contribution in [0.3, 0.4) is 0 Å². The fraction of sp³-hybridized carbons (Fsp3) is 0.722. The van der Waals surface area contributed by atoms with Crippen molar-refractivity contribution in [2.24, 2.45) is 39.9 Å². The van der Waals surface area contributed by atoms with Crippen LogP contribution in [0.5, 0.6) is 0 Å². The lowest BCUT2D eigenvalue weighted by Gasteiger charge is -2.67. The summed E-state index contributed by atoms with van der Waals surface area (Å²) in [6, 6.07) is 1.75. The predicted molar refractivity (Wildman–Crippen MR) is 165 cm³/mol. The van der Waals surface area contributed by atoms with Gasteiger partial charge in [0.1, 0.15) is 23.9 Å². The van der Waals surface area contributed by atoms with Crippen molar-refractivity contribution in [2.75, 3.05) is 7.11 Å². The van der Waals surface area contributed by atoms with E-state index in [-0.39, 0.29) is 6.42 Å². The first-order valence-electron chi connectivity index (χ1n) is 16.8. The molecule has 4 unspecified atom stereocenters. The van der Waals surface area contributed by atoms with Crippen molar-refractivity contribution < 1.29 is 52.4 Å². The van der Waals surface area contributed by atoms with Gasteiger partial charge in [-0.3, -0.25) is 14.4 Å². The largest absolute Gasteiger partial charge is 0.472 e. The molecule has 2 aliphatic carbocycles. The predicted octanol–water partition coefficient (Wildman–Crippen LogP) is 4.85. The summed E-state index contributed by atoms with van der Waals surface area (Å²) in [6.45, 7) is 14.8. The molecular weight excluding hydrogens is 608 g/mol. The normalized spacial score (nSPS) is 41.7. The minimum absolute atomic E-state index is 0.0215. The molecule has 3 aliphatic heterocycles. The third-order valence-electron chi connectivity index (χ3n) is 12.6. The Labute approximate surface area is 275 Å². The second-order valence-electron chi connectivity index (χ2n) is 15.7. The van der Waals surface area contributed by atoms with E-state index in [2.05, 4.69) is 0 Å². The molecule has 47 heavy (non-hydrogen) atoms. The van der Waals surface area contributed by atoms with Crippen LogP contribution in [-0.2, 0) is 42.9 Å². The number of fused-ring (bicyclic) bond motifs is 2. The molecule has 0 aromatic carbocycles. The van der Waals surface area contributed by atoms with E-state index in [1.165, 1.54) is 19.4 Å². The molecule has 4 heterocycles. The summed E-state index contributed by atoms with van der Waals surface area (Å²) in [5.74, 6) is -4.05. The third kappa shape index (κ3) is 4.30. The van der Waals surface area contributed by atoms with E-state index in [0.29, 0.717) is 30.4 Å². The van der Waals surface area contributed by atoms with E-state index in [4.69, 9.17) is 28.1 Å². The molecule has 11 atom stereocenters. The molecule has 0 amide bonds. The summed E-state index contributed by atoms with van der Waals surface area (Å²) in [6.07, 6.45) is 1.73. The molecule has 0 radical (unpaired) electrons. The Morgan fingerprint density at radius 3 is 2.34 bits per heavy atom. The molecule has 6 rings (SSSR count). The minimum Gasteiger partial charge on any atom is -0.472 e. The van der Waals surface area contributed by atoms with Crippen LogP contribution in [0.1, 0.15) is 92.7 Å². The molecule has 2 saturated carbocycles. The summed E-state index contributed by atoms with van der Waals surface area (Å²) < 4.78 is 36.4. The monoisotopic (exact) mass is 656 g/mol. The van der Waals surface area contributed by atoms with Gasteiger partial charge in [-0.2, -0.15) is 0 Å². The average molecular weight is 657 g/mol.